The molecule has 170 valence electrons. The summed E-state index contributed by atoms with van der Waals surface area (Å²) in [5, 5.41) is 1.16. The molecule has 1 amide bonds. The van der Waals surface area contributed by atoms with E-state index in [1.807, 2.05) is 30.9 Å². The van der Waals surface area contributed by atoms with E-state index in [2.05, 4.69) is 73.0 Å². The molecule has 4 nitrogen and oxygen atoms in total. The topological polar surface area (TPSA) is 34.5 Å². The third-order valence-electron chi connectivity index (χ3n) is 6.14. The Kier molecular flexibility index (Phi) is 6.55. The highest BCUT2D eigenvalue weighted by Gasteiger charge is 2.22. The number of hydrogen-bond donors (Lipinski definition) is 0. The van der Waals surface area contributed by atoms with Crippen molar-refractivity contribution >= 4 is 16.8 Å². The van der Waals surface area contributed by atoms with E-state index >= 15 is 0 Å². The first-order valence-electron chi connectivity index (χ1n) is 11.5. The Balaban J connectivity index is 1.78. The summed E-state index contributed by atoms with van der Waals surface area (Å²) in [6, 6.07) is 22.8. The van der Waals surface area contributed by atoms with Crippen molar-refractivity contribution in [3.05, 3.63) is 94.7 Å². The molecule has 0 aliphatic carbocycles. The van der Waals surface area contributed by atoms with Crippen LogP contribution in [0, 0.1) is 20.8 Å². The second kappa shape index (κ2) is 9.53. The Morgan fingerprint density at radius 3 is 2.24 bits per heavy atom. The summed E-state index contributed by atoms with van der Waals surface area (Å²) in [6.45, 7) is 9.51. The summed E-state index contributed by atoms with van der Waals surface area (Å²) in [5.41, 5.74) is 7.35. The highest BCUT2D eigenvalue weighted by molar-refractivity contribution is 5.97. The largest absolute Gasteiger partial charge is 0.497 e. The van der Waals surface area contributed by atoms with Crippen LogP contribution >= 0.6 is 0 Å². The van der Waals surface area contributed by atoms with Crippen LogP contribution in [-0.2, 0) is 6.54 Å². The lowest BCUT2D eigenvalue weighted by Gasteiger charge is -2.25. The molecule has 0 fully saturated rings. The molecule has 0 atom stereocenters. The Morgan fingerprint density at radius 1 is 0.939 bits per heavy atom. The van der Waals surface area contributed by atoms with Gasteiger partial charge in [0.1, 0.15) is 5.75 Å². The fraction of sp³-hybridized carbons (Fsp3) is 0.276. The normalized spacial score (nSPS) is 11.1. The van der Waals surface area contributed by atoms with E-state index < -0.39 is 0 Å². The molecule has 0 spiro atoms. The molecule has 0 N–H and O–H groups in total. The number of nitrogens with zero attached hydrogens (tertiary/aromatic N) is 2. The van der Waals surface area contributed by atoms with Crippen LogP contribution in [0.1, 0.15) is 46.1 Å². The fourth-order valence-electron chi connectivity index (χ4n) is 4.76. The first-order chi connectivity index (χ1) is 15.9. The minimum atomic E-state index is 0.0957. The number of aromatic nitrogens is 1. The molecule has 1 heterocycles. The minimum Gasteiger partial charge on any atom is -0.497 e. The smallest absolute Gasteiger partial charge is 0.254 e. The van der Waals surface area contributed by atoms with Crippen LogP contribution in [0.25, 0.3) is 16.6 Å². The van der Waals surface area contributed by atoms with Crippen molar-refractivity contribution in [2.75, 3.05) is 13.7 Å². The standard InChI is InChI=1S/C29H32N2O2/c1-6-15-30(29(32)28-21(3)16-20(2)17-22(28)4)19-25-18-23-9-7-8-10-27(23)31(25)24-11-13-26(33-5)14-12-24/h7-14,16-18H,6,15,19H2,1-5H3. The number of aryl methyl sites for hydroxylation is 3. The van der Waals surface area contributed by atoms with Crippen LogP contribution in [0.2, 0.25) is 0 Å². The number of rotatable bonds is 7. The number of hydrogen-bond acceptors (Lipinski definition) is 2. The molecule has 1 aromatic heterocycles. The summed E-state index contributed by atoms with van der Waals surface area (Å²) < 4.78 is 7.60. The van der Waals surface area contributed by atoms with E-state index in [4.69, 9.17) is 4.74 Å². The van der Waals surface area contributed by atoms with Gasteiger partial charge in [-0.1, -0.05) is 42.8 Å². The minimum absolute atomic E-state index is 0.0957. The quantitative estimate of drug-likeness (QED) is 0.324. The molecule has 0 saturated heterocycles. The SMILES string of the molecule is CCCN(Cc1cc2ccccc2n1-c1ccc(OC)cc1)C(=O)c1c(C)cc(C)cc1C. The molecule has 0 unspecified atom stereocenters. The van der Waals surface area contributed by atoms with Gasteiger partial charge >= 0.3 is 0 Å². The van der Waals surface area contributed by atoms with E-state index in [1.54, 1.807) is 7.11 Å². The van der Waals surface area contributed by atoms with Gasteiger partial charge < -0.3 is 14.2 Å². The van der Waals surface area contributed by atoms with Crippen molar-refractivity contribution in [3.63, 3.8) is 0 Å². The molecule has 0 saturated carbocycles. The molecule has 0 bridgehead atoms. The van der Waals surface area contributed by atoms with Crippen molar-refractivity contribution in [2.45, 2.75) is 40.7 Å². The van der Waals surface area contributed by atoms with Crippen molar-refractivity contribution in [2.24, 2.45) is 0 Å². The lowest BCUT2D eigenvalue weighted by molar-refractivity contribution is 0.0739. The van der Waals surface area contributed by atoms with E-state index in [9.17, 15) is 4.79 Å². The van der Waals surface area contributed by atoms with Gasteiger partial charge in [-0.15, -0.1) is 0 Å². The molecule has 0 aliphatic heterocycles. The van der Waals surface area contributed by atoms with Crippen LogP contribution in [0.5, 0.6) is 5.75 Å². The van der Waals surface area contributed by atoms with Gasteiger partial charge in [-0.25, -0.2) is 0 Å². The van der Waals surface area contributed by atoms with Gasteiger partial charge in [0.05, 0.1) is 19.2 Å². The van der Waals surface area contributed by atoms with Crippen LogP contribution in [0.3, 0.4) is 0 Å². The molecule has 0 aliphatic rings. The number of carbonyl (C=O) groups is 1. The number of ether oxygens (including phenoxy) is 1. The number of benzene rings is 3. The van der Waals surface area contributed by atoms with E-state index in [0.29, 0.717) is 13.1 Å². The number of amides is 1. The van der Waals surface area contributed by atoms with Gasteiger partial charge in [0.2, 0.25) is 0 Å². The van der Waals surface area contributed by atoms with Crippen molar-refractivity contribution in [3.8, 4) is 11.4 Å². The van der Waals surface area contributed by atoms with Gasteiger partial charge in [0.25, 0.3) is 5.91 Å². The van der Waals surface area contributed by atoms with Crippen molar-refractivity contribution in [1.82, 2.24) is 9.47 Å². The van der Waals surface area contributed by atoms with Gasteiger partial charge in [0.15, 0.2) is 0 Å². The van der Waals surface area contributed by atoms with E-state index in [1.165, 1.54) is 5.56 Å². The van der Waals surface area contributed by atoms with Gasteiger partial charge in [-0.05, 0) is 74.7 Å². The summed E-state index contributed by atoms with van der Waals surface area (Å²) in [5.74, 6) is 0.920. The van der Waals surface area contributed by atoms with Crippen molar-refractivity contribution < 1.29 is 9.53 Å². The summed E-state index contributed by atoms with van der Waals surface area (Å²) >= 11 is 0. The zero-order chi connectivity index (χ0) is 23.5. The highest BCUT2D eigenvalue weighted by Crippen LogP contribution is 2.28. The second-order valence-corrected chi connectivity index (χ2v) is 8.73. The molecule has 3 aromatic carbocycles. The molecular weight excluding hydrogens is 408 g/mol. The Morgan fingerprint density at radius 2 is 1.61 bits per heavy atom. The third kappa shape index (κ3) is 4.51. The molecule has 4 aromatic rings. The monoisotopic (exact) mass is 440 g/mol. The lowest BCUT2D eigenvalue weighted by Crippen LogP contribution is -2.33. The first kappa shape index (κ1) is 22.7. The average Bonchev–Trinajstić information content (AvgIpc) is 3.16. The summed E-state index contributed by atoms with van der Waals surface area (Å²) in [7, 11) is 1.68. The first-order valence-corrected chi connectivity index (χ1v) is 11.5. The second-order valence-electron chi connectivity index (χ2n) is 8.73. The Labute approximate surface area is 196 Å². The van der Waals surface area contributed by atoms with Gasteiger partial charge in [-0.2, -0.15) is 0 Å². The summed E-state index contributed by atoms with van der Waals surface area (Å²) in [4.78, 5) is 15.7. The fourth-order valence-corrected chi connectivity index (χ4v) is 4.76. The Bertz CT molecular complexity index is 1260. The number of methoxy groups -OCH3 is 1. The number of para-hydroxylation sites is 1. The van der Waals surface area contributed by atoms with E-state index in [-0.39, 0.29) is 5.91 Å². The highest BCUT2D eigenvalue weighted by atomic mass is 16.5. The maximum absolute atomic E-state index is 13.7. The van der Waals surface area contributed by atoms with Crippen LogP contribution in [-0.4, -0.2) is 29.0 Å². The molecule has 4 rings (SSSR count). The zero-order valence-electron chi connectivity index (χ0n) is 20.2. The van der Waals surface area contributed by atoms with Crippen LogP contribution < -0.4 is 4.74 Å². The van der Waals surface area contributed by atoms with Gasteiger partial charge in [0, 0.05) is 28.9 Å². The molecule has 33 heavy (non-hydrogen) atoms. The van der Waals surface area contributed by atoms with Crippen LogP contribution in [0.15, 0.2) is 66.7 Å². The maximum atomic E-state index is 13.7. The predicted molar refractivity (Wildman–Crippen MR) is 136 cm³/mol. The molecule has 0 radical (unpaired) electrons. The Hall–Kier alpha value is -3.53. The molecule has 4 heteroatoms. The predicted octanol–water partition coefficient (Wildman–Crippen LogP) is 6.62. The number of fused-ring (bicyclic) bond motifs is 1. The molecular formula is C29H32N2O2. The number of carbonyl (C=O) groups excluding carboxylic acids is 1. The van der Waals surface area contributed by atoms with E-state index in [0.717, 1.165) is 51.1 Å². The third-order valence-corrected chi connectivity index (χ3v) is 6.14. The van der Waals surface area contributed by atoms with Crippen molar-refractivity contribution in [1.29, 1.82) is 0 Å². The average molecular weight is 441 g/mol. The maximum Gasteiger partial charge on any atom is 0.254 e. The zero-order valence-corrected chi connectivity index (χ0v) is 20.2. The lowest BCUT2D eigenvalue weighted by atomic mass is 9.98. The summed E-state index contributed by atoms with van der Waals surface area (Å²) in [6.07, 6.45) is 0.901. The van der Waals surface area contributed by atoms with Gasteiger partial charge in [-0.3, -0.25) is 4.79 Å². The van der Waals surface area contributed by atoms with Crippen LogP contribution in [0.4, 0.5) is 0 Å².